The van der Waals surface area contributed by atoms with E-state index >= 15 is 0 Å². The van der Waals surface area contributed by atoms with E-state index < -0.39 is 5.82 Å². The maximum absolute atomic E-state index is 14.8. The van der Waals surface area contributed by atoms with Gasteiger partial charge in [0.15, 0.2) is 0 Å². The monoisotopic (exact) mass is 458 g/mol. The molecule has 0 aliphatic heterocycles. The molecule has 0 radical (unpaired) electrons. The highest BCUT2D eigenvalue weighted by Gasteiger charge is 2.25. The number of carboxylic acid groups (broad SMARTS) is 1. The van der Waals surface area contributed by atoms with Crippen LogP contribution in [0.4, 0.5) is 4.39 Å². The third kappa shape index (κ3) is 5.68. The summed E-state index contributed by atoms with van der Waals surface area (Å²) < 4.78 is 16.8. The van der Waals surface area contributed by atoms with Gasteiger partial charge in [0.1, 0.15) is 5.82 Å². The van der Waals surface area contributed by atoms with Gasteiger partial charge in [-0.15, -0.1) is 0 Å². The average Bonchev–Trinajstić information content (AvgIpc) is 3.19. The van der Waals surface area contributed by atoms with Crippen molar-refractivity contribution in [2.24, 2.45) is 5.92 Å². The molecule has 0 saturated heterocycles. The van der Waals surface area contributed by atoms with Crippen LogP contribution in [-0.2, 0) is 11.3 Å². The van der Waals surface area contributed by atoms with Crippen LogP contribution in [0.15, 0.2) is 48.7 Å². The summed E-state index contributed by atoms with van der Waals surface area (Å²) >= 11 is 5.98. The van der Waals surface area contributed by atoms with Crippen molar-refractivity contribution in [1.29, 1.82) is 0 Å². The molecule has 4 rings (SSSR count). The molecule has 5 nitrogen and oxygen atoms in total. The van der Waals surface area contributed by atoms with E-state index in [4.69, 9.17) is 21.5 Å². The predicted octanol–water partition coefficient (Wildman–Crippen LogP) is 5.88. The van der Waals surface area contributed by atoms with Gasteiger partial charge in [0.05, 0.1) is 11.1 Å². The zero-order valence-electron chi connectivity index (χ0n) is 18.1. The Balaban J connectivity index is 0.000000913. The number of benzene rings is 2. The Hall–Kier alpha value is -2.86. The Bertz CT molecular complexity index is 1060. The van der Waals surface area contributed by atoms with Crippen LogP contribution in [0.5, 0.6) is 0 Å². The maximum atomic E-state index is 14.8. The minimum atomic E-state index is -0.484. The van der Waals surface area contributed by atoms with E-state index in [0.717, 1.165) is 23.8 Å². The molecule has 1 atom stereocenters. The summed E-state index contributed by atoms with van der Waals surface area (Å²) in [5.41, 5.74) is 1.80. The fourth-order valence-corrected chi connectivity index (χ4v) is 4.56. The van der Waals surface area contributed by atoms with Gasteiger partial charge in [-0.1, -0.05) is 43.0 Å². The number of hydrogen-bond acceptors (Lipinski definition) is 2. The molecule has 32 heavy (non-hydrogen) atoms. The van der Waals surface area contributed by atoms with Crippen molar-refractivity contribution in [1.82, 2.24) is 9.88 Å². The van der Waals surface area contributed by atoms with Crippen LogP contribution in [-0.4, -0.2) is 28.1 Å². The molecule has 1 amide bonds. The number of aromatic nitrogens is 1. The maximum Gasteiger partial charge on any atom is 0.290 e. The van der Waals surface area contributed by atoms with Gasteiger partial charge < -0.3 is 15.0 Å². The van der Waals surface area contributed by atoms with Gasteiger partial charge in [-0.05, 0) is 61.6 Å². The quantitative estimate of drug-likeness (QED) is 0.469. The van der Waals surface area contributed by atoms with E-state index in [0.29, 0.717) is 23.0 Å². The summed E-state index contributed by atoms with van der Waals surface area (Å²) in [4.78, 5) is 21.5. The number of halogens is 2. The highest BCUT2D eigenvalue weighted by molar-refractivity contribution is 6.30. The molecule has 0 bridgehead atoms. The highest BCUT2D eigenvalue weighted by atomic mass is 35.5. The van der Waals surface area contributed by atoms with Gasteiger partial charge in [0.25, 0.3) is 12.4 Å². The number of hydrogen-bond donors (Lipinski definition) is 2. The second kappa shape index (κ2) is 11.1. The lowest BCUT2D eigenvalue weighted by Crippen LogP contribution is -2.39. The predicted molar refractivity (Wildman–Crippen MR) is 125 cm³/mol. The summed E-state index contributed by atoms with van der Waals surface area (Å²) in [7, 11) is 0. The van der Waals surface area contributed by atoms with Gasteiger partial charge in [0, 0.05) is 29.2 Å². The van der Waals surface area contributed by atoms with E-state index in [1.807, 2.05) is 48.0 Å². The molecule has 1 fully saturated rings. The molecule has 2 N–H and O–H groups in total. The van der Waals surface area contributed by atoms with Crippen molar-refractivity contribution < 1.29 is 19.1 Å². The molecule has 1 aliphatic carbocycles. The molecule has 3 aromatic rings. The second-order valence-corrected chi connectivity index (χ2v) is 8.63. The second-order valence-electron chi connectivity index (χ2n) is 8.20. The Labute approximate surface area is 192 Å². The van der Waals surface area contributed by atoms with Crippen LogP contribution in [0, 0.1) is 11.7 Å². The number of carbonyl (C=O) groups is 2. The Kier molecular flexibility index (Phi) is 8.28. The first-order valence-corrected chi connectivity index (χ1v) is 11.2. The van der Waals surface area contributed by atoms with Crippen LogP contribution in [0.1, 0.15) is 54.9 Å². The fourth-order valence-electron chi connectivity index (χ4n) is 4.44. The molecule has 0 spiro atoms. The smallest absolute Gasteiger partial charge is 0.290 e. The van der Waals surface area contributed by atoms with Crippen LogP contribution < -0.4 is 5.32 Å². The summed E-state index contributed by atoms with van der Waals surface area (Å²) in [5, 5.41) is 11.5. The van der Waals surface area contributed by atoms with E-state index in [9.17, 15) is 9.18 Å². The Morgan fingerprint density at radius 3 is 2.50 bits per heavy atom. The molecular formula is C25H28ClFN2O3. The zero-order valence-corrected chi connectivity index (χ0v) is 18.8. The standard InChI is InChI=1S/C24H26ClFN2O.CH2O2/c1-16(18-5-3-2-4-6-18)27-24(29)22-21(26)12-9-19-13-14-28(23(19)22)15-17-7-10-20(25)11-8-17;2-1-3/h7-14,16,18H,2-6,15H2,1H3,(H,27,29);1H,(H,2,3). The summed E-state index contributed by atoms with van der Waals surface area (Å²) in [5.74, 6) is -0.347. The van der Waals surface area contributed by atoms with Gasteiger partial charge in [-0.3, -0.25) is 9.59 Å². The van der Waals surface area contributed by atoms with E-state index in [-0.39, 0.29) is 24.0 Å². The largest absolute Gasteiger partial charge is 0.483 e. The van der Waals surface area contributed by atoms with Crippen molar-refractivity contribution in [2.45, 2.75) is 51.6 Å². The lowest BCUT2D eigenvalue weighted by atomic mass is 9.84. The molecule has 1 saturated carbocycles. The SMILES string of the molecule is CC(NC(=O)c1c(F)ccc2ccn(Cc3ccc(Cl)cc3)c12)C1CCCCC1.O=CO. The minimum absolute atomic E-state index is 0.0390. The van der Waals surface area contributed by atoms with Crippen LogP contribution >= 0.6 is 11.6 Å². The minimum Gasteiger partial charge on any atom is -0.483 e. The topological polar surface area (TPSA) is 71.3 Å². The van der Waals surface area contributed by atoms with Crippen molar-refractivity contribution >= 4 is 34.9 Å². The number of amides is 1. The summed E-state index contributed by atoms with van der Waals surface area (Å²) in [6, 6.07) is 12.6. The van der Waals surface area contributed by atoms with Crippen molar-refractivity contribution in [3.05, 3.63) is 70.6 Å². The first-order valence-electron chi connectivity index (χ1n) is 10.8. The van der Waals surface area contributed by atoms with Gasteiger partial charge >= 0.3 is 0 Å². The molecule has 2 aromatic carbocycles. The highest BCUT2D eigenvalue weighted by Crippen LogP contribution is 2.28. The third-order valence-corrected chi connectivity index (χ3v) is 6.34. The fraction of sp³-hybridized carbons (Fsp3) is 0.360. The number of rotatable bonds is 5. The lowest BCUT2D eigenvalue weighted by molar-refractivity contribution is -0.122. The molecule has 1 unspecified atom stereocenters. The summed E-state index contributed by atoms with van der Waals surface area (Å²) in [6.45, 7) is 2.33. The molecule has 1 aliphatic rings. The number of nitrogens with zero attached hydrogens (tertiary/aromatic N) is 1. The first kappa shape index (κ1) is 23.8. The number of fused-ring (bicyclic) bond motifs is 1. The average molecular weight is 459 g/mol. The van der Waals surface area contributed by atoms with Crippen LogP contribution in [0.25, 0.3) is 10.9 Å². The first-order chi connectivity index (χ1) is 15.4. The van der Waals surface area contributed by atoms with Gasteiger partial charge in [-0.2, -0.15) is 0 Å². The van der Waals surface area contributed by atoms with E-state index in [1.165, 1.54) is 25.3 Å². The van der Waals surface area contributed by atoms with E-state index in [1.54, 1.807) is 6.07 Å². The van der Waals surface area contributed by atoms with Crippen molar-refractivity contribution in [3.63, 3.8) is 0 Å². The van der Waals surface area contributed by atoms with E-state index in [2.05, 4.69) is 5.32 Å². The molecule has 7 heteroatoms. The zero-order chi connectivity index (χ0) is 23.1. The van der Waals surface area contributed by atoms with Crippen molar-refractivity contribution in [2.75, 3.05) is 0 Å². The third-order valence-electron chi connectivity index (χ3n) is 6.09. The normalized spacial score (nSPS) is 15.0. The number of nitrogens with one attached hydrogen (secondary N) is 1. The lowest BCUT2D eigenvalue weighted by Gasteiger charge is -2.28. The van der Waals surface area contributed by atoms with Crippen LogP contribution in [0.3, 0.4) is 0 Å². The molecule has 1 aromatic heterocycles. The Morgan fingerprint density at radius 2 is 1.84 bits per heavy atom. The van der Waals surface area contributed by atoms with Crippen LogP contribution in [0.2, 0.25) is 5.02 Å². The summed E-state index contributed by atoms with van der Waals surface area (Å²) in [6.07, 6.45) is 7.84. The molecule has 1 heterocycles. The Morgan fingerprint density at radius 1 is 1.19 bits per heavy atom. The number of carbonyl (C=O) groups excluding carboxylic acids is 1. The molecular weight excluding hydrogens is 431 g/mol. The molecule has 170 valence electrons. The van der Waals surface area contributed by atoms with Crippen molar-refractivity contribution in [3.8, 4) is 0 Å². The van der Waals surface area contributed by atoms with Gasteiger partial charge in [-0.25, -0.2) is 4.39 Å². The van der Waals surface area contributed by atoms with Gasteiger partial charge in [0.2, 0.25) is 0 Å².